The number of ether oxygens (including phenoxy) is 1. The standard InChI is InChI=1S/C30H22ClN7O2/c1-19-25-26(22-14-8-9-15-23(22)31)27-28-34-24(17-39-33-16-20-10-4-2-5-11-20)36-37(28)18-32-29(27)40-30(25)38(35-19)21-12-6-3-7-13-21/h2-16,18,26H,17H2,1H3/b33-16-. The summed E-state index contributed by atoms with van der Waals surface area (Å²) in [7, 11) is 0. The fourth-order valence-electron chi connectivity index (χ4n) is 4.98. The van der Waals surface area contributed by atoms with Gasteiger partial charge in [0.05, 0.1) is 34.6 Å². The first-order chi connectivity index (χ1) is 19.7. The Balaban J connectivity index is 1.33. The minimum Gasteiger partial charge on any atom is -0.420 e. The zero-order valence-corrected chi connectivity index (χ0v) is 22.1. The van der Waals surface area contributed by atoms with Crippen molar-refractivity contribution in [2.45, 2.75) is 19.4 Å². The highest BCUT2D eigenvalue weighted by Crippen LogP contribution is 2.50. The first-order valence-corrected chi connectivity index (χ1v) is 13.1. The van der Waals surface area contributed by atoms with Crippen molar-refractivity contribution in [2.24, 2.45) is 5.16 Å². The molecule has 1 unspecified atom stereocenters. The van der Waals surface area contributed by atoms with Crippen LogP contribution in [-0.4, -0.2) is 35.6 Å². The molecule has 0 aliphatic carbocycles. The second kappa shape index (κ2) is 9.94. The summed E-state index contributed by atoms with van der Waals surface area (Å²) in [6, 6.07) is 27.3. The molecule has 196 valence electrons. The lowest BCUT2D eigenvalue weighted by Gasteiger charge is -2.27. The number of fused-ring (bicyclic) bond motifs is 4. The summed E-state index contributed by atoms with van der Waals surface area (Å²) >= 11 is 6.79. The first kappa shape index (κ1) is 24.1. The van der Waals surface area contributed by atoms with Crippen molar-refractivity contribution in [1.82, 2.24) is 29.4 Å². The second-order valence-corrected chi connectivity index (χ2v) is 9.69. The van der Waals surface area contributed by atoms with Gasteiger partial charge in [-0.1, -0.05) is 83.5 Å². The van der Waals surface area contributed by atoms with Crippen LogP contribution in [0, 0.1) is 6.92 Å². The van der Waals surface area contributed by atoms with E-state index < -0.39 is 0 Å². The third-order valence-electron chi connectivity index (χ3n) is 6.75. The summed E-state index contributed by atoms with van der Waals surface area (Å²) < 4.78 is 9.89. The van der Waals surface area contributed by atoms with Crippen LogP contribution < -0.4 is 4.74 Å². The summed E-state index contributed by atoms with van der Waals surface area (Å²) in [6.45, 7) is 2.06. The molecule has 0 saturated carbocycles. The van der Waals surface area contributed by atoms with Crippen molar-refractivity contribution in [2.75, 3.05) is 0 Å². The fourth-order valence-corrected chi connectivity index (χ4v) is 5.23. The molecule has 4 heterocycles. The average Bonchev–Trinajstić information content (AvgIpc) is 3.56. The van der Waals surface area contributed by atoms with Crippen LogP contribution in [0.5, 0.6) is 11.8 Å². The first-order valence-electron chi connectivity index (χ1n) is 12.7. The third kappa shape index (κ3) is 4.17. The van der Waals surface area contributed by atoms with Gasteiger partial charge in [0.1, 0.15) is 6.33 Å². The van der Waals surface area contributed by atoms with Crippen LogP contribution >= 0.6 is 11.6 Å². The Labute approximate surface area is 234 Å². The molecule has 3 aromatic heterocycles. The lowest BCUT2D eigenvalue weighted by atomic mass is 9.84. The molecule has 10 heteroatoms. The molecule has 6 aromatic rings. The number of rotatable bonds is 6. The van der Waals surface area contributed by atoms with E-state index in [1.165, 1.54) is 0 Å². The Kier molecular flexibility index (Phi) is 5.98. The van der Waals surface area contributed by atoms with Crippen LogP contribution in [0.15, 0.2) is 96.4 Å². The molecule has 40 heavy (non-hydrogen) atoms. The molecule has 0 fully saturated rings. The quantitative estimate of drug-likeness (QED) is 0.184. The van der Waals surface area contributed by atoms with Crippen LogP contribution in [0.1, 0.15) is 39.7 Å². The maximum atomic E-state index is 6.79. The molecule has 1 aliphatic heterocycles. The summed E-state index contributed by atoms with van der Waals surface area (Å²) in [5.74, 6) is 1.14. The lowest BCUT2D eigenvalue weighted by molar-refractivity contribution is 0.126. The zero-order chi connectivity index (χ0) is 27.1. The van der Waals surface area contributed by atoms with Gasteiger partial charge in [-0.15, -0.1) is 5.10 Å². The number of oxime groups is 1. The van der Waals surface area contributed by atoms with Gasteiger partial charge >= 0.3 is 0 Å². The van der Waals surface area contributed by atoms with E-state index in [2.05, 4.69) is 15.2 Å². The minimum atomic E-state index is -0.338. The number of benzene rings is 3. The fraction of sp³-hybridized carbons (Fsp3) is 0.100. The molecule has 0 amide bonds. The van der Waals surface area contributed by atoms with Crippen molar-refractivity contribution in [3.8, 4) is 17.4 Å². The second-order valence-electron chi connectivity index (χ2n) is 9.29. The van der Waals surface area contributed by atoms with Gasteiger partial charge < -0.3 is 9.57 Å². The molecule has 7 rings (SSSR count). The number of para-hydroxylation sites is 1. The van der Waals surface area contributed by atoms with E-state index in [1.54, 1.807) is 21.7 Å². The molecule has 0 N–H and O–H groups in total. The third-order valence-corrected chi connectivity index (χ3v) is 7.09. The summed E-state index contributed by atoms with van der Waals surface area (Å²) in [5, 5.41) is 14.1. The molecule has 1 atom stereocenters. The molecular formula is C30H22ClN7O2. The number of aryl methyl sites for hydroxylation is 1. The molecular weight excluding hydrogens is 526 g/mol. The summed E-state index contributed by atoms with van der Waals surface area (Å²) in [5.41, 5.74) is 5.78. The van der Waals surface area contributed by atoms with Crippen molar-refractivity contribution >= 4 is 23.5 Å². The SMILES string of the molecule is Cc1nn(-c2ccccc2)c2c1C(c1ccccc1Cl)c1c(ncn3nc(CO/N=C\c4ccccc4)nc13)O2. The average molecular weight is 548 g/mol. The number of aromatic nitrogens is 6. The smallest absolute Gasteiger partial charge is 0.230 e. The molecule has 0 radical (unpaired) electrons. The van der Waals surface area contributed by atoms with Crippen LogP contribution in [-0.2, 0) is 11.4 Å². The highest BCUT2D eigenvalue weighted by Gasteiger charge is 2.38. The Morgan fingerprint density at radius 1 is 0.950 bits per heavy atom. The highest BCUT2D eigenvalue weighted by atomic mass is 35.5. The number of hydrogen-bond donors (Lipinski definition) is 0. The Hall–Kier alpha value is -5.02. The van der Waals surface area contributed by atoms with E-state index in [-0.39, 0.29) is 12.5 Å². The zero-order valence-electron chi connectivity index (χ0n) is 21.3. The van der Waals surface area contributed by atoms with Gasteiger partial charge in [-0.25, -0.2) is 19.2 Å². The van der Waals surface area contributed by atoms with Crippen molar-refractivity contribution in [3.63, 3.8) is 0 Å². The Morgan fingerprint density at radius 3 is 2.50 bits per heavy atom. The normalized spacial score (nSPS) is 14.2. The predicted octanol–water partition coefficient (Wildman–Crippen LogP) is 6.11. The van der Waals surface area contributed by atoms with Gasteiger partial charge in [0.2, 0.25) is 11.8 Å². The monoisotopic (exact) mass is 547 g/mol. The lowest BCUT2D eigenvalue weighted by Crippen LogP contribution is -2.16. The van der Waals surface area contributed by atoms with Crippen LogP contribution in [0.3, 0.4) is 0 Å². The Bertz CT molecular complexity index is 1870. The maximum Gasteiger partial charge on any atom is 0.230 e. The predicted molar refractivity (Wildman–Crippen MR) is 150 cm³/mol. The number of halogens is 1. The molecule has 0 saturated heterocycles. The van der Waals surface area contributed by atoms with Gasteiger partial charge in [-0.3, -0.25) is 0 Å². The summed E-state index contributed by atoms with van der Waals surface area (Å²) in [4.78, 5) is 14.9. The van der Waals surface area contributed by atoms with Crippen LogP contribution in [0.25, 0.3) is 11.3 Å². The molecule has 1 aliphatic rings. The highest BCUT2D eigenvalue weighted by molar-refractivity contribution is 6.31. The number of hydrogen-bond acceptors (Lipinski definition) is 7. The largest absolute Gasteiger partial charge is 0.420 e. The Morgan fingerprint density at radius 2 is 1.70 bits per heavy atom. The van der Waals surface area contributed by atoms with E-state index in [0.29, 0.717) is 28.3 Å². The van der Waals surface area contributed by atoms with Crippen molar-refractivity contribution in [1.29, 1.82) is 0 Å². The van der Waals surface area contributed by atoms with Gasteiger partial charge in [-0.2, -0.15) is 5.10 Å². The van der Waals surface area contributed by atoms with Crippen LogP contribution in [0.4, 0.5) is 0 Å². The van der Waals surface area contributed by atoms with Crippen LogP contribution in [0.2, 0.25) is 5.02 Å². The van der Waals surface area contributed by atoms with Gasteiger partial charge in [0, 0.05) is 5.02 Å². The molecule has 0 spiro atoms. The molecule has 0 bridgehead atoms. The van der Waals surface area contributed by atoms with Crippen molar-refractivity contribution in [3.05, 3.63) is 130 Å². The van der Waals surface area contributed by atoms with Gasteiger partial charge in [0.25, 0.3) is 0 Å². The topological polar surface area (TPSA) is 91.7 Å². The van der Waals surface area contributed by atoms with E-state index >= 15 is 0 Å². The van der Waals surface area contributed by atoms with E-state index in [4.69, 9.17) is 31.3 Å². The minimum absolute atomic E-state index is 0.0909. The van der Waals surface area contributed by atoms with E-state index in [9.17, 15) is 0 Å². The number of nitrogens with zero attached hydrogens (tertiary/aromatic N) is 7. The summed E-state index contributed by atoms with van der Waals surface area (Å²) in [6.07, 6.45) is 3.23. The maximum absolute atomic E-state index is 6.79. The molecule has 3 aromatic carbocycles. The van der Waals surface area contributed by atoms with Gasteiger partial charge in [0.15, 0.2) is 18.1 Å². The van der Waals surface area contributed by atoms with Crippen molar-refractivity contribution < 1.29 is 9.57 Å². The van der Waals surface area contributed by atoms with E-state index in [1.807, 2.05) is 91.9 Å². The van der Waals surface area contributed by atoms with Gasteiger partial charge in [-0.05, 0) is 36.2 Å². The molecule has 9 nitrogen and oxygen atoms in total. The van der Waals surface area contributed by atoms with E-state index in [0.717, 1.165) is 33.6 Å².